The van der Waals surface area contributed by atoms with Crippen molar-refractivity contribution < 1.29 is 39.2 Å². The van der Waals surface area contributed by atoms with Crippen LogP contribution in [-0.4, -0.2) is 33.7 Å². The van der Waals surface area contributed by atoms with Crippen LogP contribution in [0.5, 0.6) is 0 Å². The number of rotatable bonds is 8. The van der Waals surface area contributed by atoms with Gasteiger partial charge in [0, 0.05) is 12.1 Å². The van der Waals surface area contributed by atoms with E-state index in [0.717, 1.165) is 42.5 Å². The quantitative estimate of drug-likeness (QED) is 0.472. The molecule has 0 aliphatic heterocycles. The SMILES string of the molecule is C=C(CCC(F)(F)F)NC(=O)c1ccc(F)cc1NS(=O)(=O)c1ccc(S(=O)(=O)C(C)(C)C)cc1. The van der Waals surface area contributed by atoms with Gasteiger partial charge in [0.1, 0.15) is 5.82 Å². The second-order valence-electron chi connectivity index (χ2n) is 8.56. The highest BCUT2D eigenvalue weighted by Crippen LogP contribution is 2.27. The van der Waals surface area contributed by atoms with Crippen LogP contribution in [0.2, 0.25) is 0 Å². The number of nitrogens with one attached hydrogen (secondary N) is 2. The van der Waals surface area contributed by atoms with Gasteiger partial charge < -0.3 is 5.32 Å². The number of anilines is 1. The van der Waals surface area contributed by atoms with Crippen molar-refractivity contribution in [1.29, 1.82) is 0 Å². The predicted octanol–water partition coefficient (Wildman–Crippen LogP) is 4.78. The number of allylic oxidation sites excluding steroid dienone is 1. The third-order valence-electron chi connectivity index (χ3n) is 4.72. The number of halogens is 4. The van der Waals surface area contributed by atoms with Gasteiger partial charge in [-0.3, -0.25) is 9.52 Å². The average molecular weight is 537 g/mol. The third-order valence-corrected chi connectivity index (χ3v) is 8.61. The van der Waals surface area contributed by atoms with Crippen LogP contribution in [0.25, 0.3) is 0 Å². The Kier molecular flexibility index (Phi) is 8.07. The van der Waals surface area contributed by atoms with Gasteiger partial charge in [0.25, 0.3) is 15.9 Å². The molecule has 0 bridgehead atoms. The molecule has 0 atom stereocenters. The maximum atomic E-state index is 13.8. The molecule has 2 N–H and O–H groups in total. The highest BCUT2D eigenvalue weighted by molar-refractivity contribution is 7.93. The Morgan fingerprint density at radius 3 is 2.00 bits per heavy atom. The number of hydrogen-bond acceptors (Lipinski definition) is 5. The van der Waals surface area contributed by atoms with E-state index in [2.05, 4.69) is 16.6 Å². The van der Waals surface area contributed by atoms with Crippen molar-refractivity contribution >= 4 is 31.5 Å². The topological polar surface area (TPSA) is 109 Å². The maximum Gasteiger partial charge on any atom is 0.389 e. The molecule has 2 rings (SSSR count). The van der Waals surface area contributed by atoms with Crippen LogP contribution in [0.1, 0.15) is 44.0 Å². The van der Waals surface area contributed by atoms with Crippen LogP contribution in [0.4, 0.5) is 23.2 Å². The van der Waals surface area contributed by atoms with E-state index in [4.69, 9.17) is 0 Å². The lowest BCUT2D eigenvalue weighted by Gasteiger charge is -2.19. The van der Waals surface area contributed by atoms with Crippen molar-refractivity contribution in [1.82, 2.24) is 5.32 Å². The van der Waals surface area contributed by atoms with Crippen molar-refractivity contribution in [2.24, 2.45) is 0 Å². The summed E-state index contributed by atoms with van der Waals surface area (Å²) in [7, 11) is -8.15. The highest BCUT2D eigenvalue weighted by atomic mass is 32.2. The number of sulfonamides is 1. The van der Waals surface area contributed by atoms with Gasteiger partial charge in [0.15, 0.2) is 9.84 Å². The zero-order chi connectivity index (χ0) is 26.8. The molecule has 35 heavy (non-hydrogen) atoms. The largest absolute Gasteiger partial charge is 0.389 e. The molecule has 0 radical (unpaired) electrons. The number of sulfone groups is 1. The Balaban J connectivity index is 2.30. The molecule has 1 amide bonds. The third kappa shape index (κ3) is 7.28. The summed E-state index contributed by atoms with van der Waals surface area (Å²) in [6.07, 6.45) is -6.29. The first-order chi connectivity index (χ1) is 15.8. The van der Waals surface area contributed by atoms with Gasteiger partial charge in [-0.1, -0.05) is 6.58 Å². The molecule has 13 heteroatoms. The van der Waals surface area contributed by atoms with E-state index in [9.17, 15) is 39.2 Å². The maximum absolute atomic E-state index is 13.8. The minimum atomic E-state index is -4.47. The van der Waals surface area contributed by atoms with Crippen LogP contribution >= 0.6 is 0 Å². The van der Waals surface area contributed by atoms with Crippen molar-refractivity contribution in [2.45, 2.75) is 54.3 Å². The number of carbonyl (C=O) groups is 1. The molecule has 0 heterocycles. The summed E-state index contributed by atoms with van der Waals surface area (Å²) < 4.78 is 103. The molecular weight excluding hydrogens is 512 g/mol. The van der Waals surface area contributed by atoms with E-state index in [0.29, 0.717) is 0 Å². The lowest BCUT2D eigenvalue weighted by atomic mass is 10.1. The molecule has 0 saturated carbocycles. The van der Waals surface area contributed by atoms with Gasteiger partial charge in [-0.15, -0.1) is 0 Å². The summed E-state index contributed by atoms with van der Waals surface area (Å²) in [5.41, 5.74) is -1.10. The Hall–Kier alpha value is -2.93. The molecule has 0 aliphatic carbocycles. The number of alkyl halides is 3. The molecule has 7 nitrogen and oxygen atoms in total. The number of hydrogen-bond donors (Lipinski definition) is 2. The van der Waals surface area contributed by atoms with Gasteiger partial charge in [-0.25, -0.2) is 21.2 Å². The molecule has 0 aliphatic rings. The average Bonchev–Trinajstić information content (AvgIpc) is 2.70. The summed E-state index contributed by atoms with van der Waals surface area (Å²) >= 11 is 0. The van der Waals surface area contributed by atoms with Gasteiger partial charge in [0.2, 0.25) is 0 Å². The van der Waals surface area contributed by atoms with E-state index in [-0.39, 0.29) is 21.1 Å². The van der Waals surface area contributed by atoms with E-state index < -0.39 is 61.0 Å². The number of carbonyl (C=O) groups excluding carboxylic acids is 1. The molecule has 192 valence electrons. The molecule has 0 saturated heterocycles. The lowest BCUT2D eigenvalue weighted by molar-refractivity contribution is -0.134. The van der Waals surface area contributed by atoms with Crippen LogP contribution in [-0.2, 0) is 19.9 Å². The first-order valence-corrected chi connectivity index (χ1v) is 13.0. The van der Waals surface area contributed by atoms with E-state index >= 15 is 0 Å². The van der Waals surface area contributed by atoms with Crippen LogP contribution in [0.3, 0.4) is 0 Å². The first kappa shape index (κ1) is 28.3. The Morgan fingerprint density at radius 1 is 0.943 bits per heavy atom. The van der Waals surface area contributed by atoms with Gasteiger partial charge >= 0.3 is 6.18 Å². The van der Waals surface area contributed by atoms with E-state index in [1.807, 2.05) is 0 Å². The van der Waals surface area contributed by atoms with E-state index in [1.165, 1.54) is 20.8 Å². The molecule has 0 aromatic heterocycles. The van der Waals surface area contributed by atoms with Crippen LogP contribution in [0.15, 0.2) is 64.5 Å². The van der Waals surface area contributed by atoms with Crippen molar-refractivity contribution in [3.8, 4) is 0 Å². The summed E-state index contributed by atoms with van der Waals surface area (Å²) in [5.74, 6) is -1.89. The fourth-order valence-electron chi connectivity index (χ4n) is 2.74. The standard InChI is InChI=1S/C22H24F4N2O5S2/c1-14(11-12-22(24,25)26)27-20(29)18-10-5-15(23)13-19(18)28-35(32,33)17-8-6-16(7-9-17)34(30,31)21(2,3)4/h5-10,13,28H,1,11-12H2,2-4H3,(H,27,29). The smallest absolute Gasteiger partial charge is 0.326 e. The second kappa shape index (κ2) is 9.97. The molecular formula is C22H24F4N2O5S2. The normalized spacial score (nSPS) is 12.8. The van der Waals surface area contributed by atoms with Crippen LogP contribution in [0, 0.1) is 5.82 Å². The second-order valence-corrected chi connectivity index (χ2v) is 12.9. The molecule has 2 aromatic carbocycles. The zero-order valence-corrected chi connectivity index (χ0v) is 20.7. The van der Waals surface area contributed by atoms with Crippen molar-refractivity contribution in [2.75, 3.05) is 4.72 Å². The van der Waals surface area contributed by atoms with E-state index in [1.54, 1.807) is 0 Å². The minimum absolute atomic E-state index is 0.104. The van der Waals surface area contributed by atoms with Gasteiger partial charge in [0.05, 0.1) is 25.8 Å². The summed E-state index contributed by atoms with van der Waals surface area (Å²) in [6, 6.07) is 6.86. The monoisotopic (exact) mass is 536 g/mol. The predicted molar refractivity (Wildman–Crippen MR) is 122 cm³/mol. The van der Waals surface area contributed by atoms with Gasteiger partial charge in [-0.2, -0.15) is 13.2 Å². The minimum Gasteiger partial charge on any atom is -0.326 e. The summed E-state index contributed by atoms with van der Waals surface area (Å²) in [4.78, 5) is 12.0. The Bertz CT molecular complexity index is 1330. The van der Waals surface area contributed by atoms with Gasteiger partial charge in [-0.05, 0) is 69.7 Å². The van der Waals surface area contributed by atoms with Crippen LogP contribution < -0.4 is 10.0 Å². The molecule has 0 unspecified atom stereocenters. The lowest BCUT2D eigenvalue weighted by Crippen LogP contribution is -2.28. The zero-order valence-electron chi connectivity index (χ0n) is 19.0. The fourth-order valence-corrected chi connectivity index (χ4v) is 5.01. The highest BCUT2D eigenvalue weighted by Gasteiger charge is 2.31. The first-order valence-electron chi connectivity index (χ1n) is 10.1. The summed E-state index contributed by atoms with van der Waals surface area (Å²) in [5, 5.41) is 2.13. The Labute approximate surface area is 201 Å². The fraction of sp³-hybridized carbons (Fsp3) is 0.318. The molecule has 0 fully saturated rings. The number of benzene rings is 2. The number of amides is 1. The Morgan fingerprint density at radius 2 is 1.49 bits per heavy atom. The molecule has 0 spiro atoms. The van der Waals surface area contributed by atoms with Crippen molar-refractivity contribution in [3.63, 3.8) is 0 Å². The summed E-state index contributed by atoms with van der Waals surface area (Å²) in [6.45, 7) is 7.81. The van der Waals surface area contributed by atoms with Crippen molar-refractivity contribution in [3.05, 3.63) is 66.1 Å². The molecule has 2 aromatic rings.